The molecule has 1 heterocycles. The van der Waals surface area contributed by atoms with E-state index >= 15 is 0 Å². The summed E-state index contributed by atoms with van der Waals surface area (Å²) in [5.41, 5.74) is 8.82. The number of aryl methyl sites for hydroxylation is 3. The number of aromatic nitrogens is 2. The number of unbranched alkanes of at least 4 members (excludes halogenated alkanes) is 2. The maximum absolute atomic E-state index is 5.47. The van der Waals surface area contributed by atoms with E-state index in [2.05, 4.69) is 52.1 Å². The minimum Gasteiger partial charge on any atom is -0.339 e. The number of benzene rings is 1. The summed E-state index contributed by atoms with van der Waals surface area (Å²) in [6.45, 7) is 4.87. The first-order valence-corrected chi connectivity index (χ1v) is 7.71. The quantitative estimate of drug-likeness (QED) is 0.814. The van der Waals surface area contributed by atoms with Crippen LogP contribution in [-0.2, 0) is 6.42 Å². The molecular formula is C15H20BrN3O. The van der Waals surface area contributed by atoms with Crippen LogP contribution < -0.4 is 5.73 Å². The van der Waals surface area contributed by atoms with E-state index in [0.717, 1.165) is 42.3 Å². The molecule has 5 heteroatoms. The number of nitrogens with two attached hydrogens (primary N) is 1. The molecule has 2 N–H and O–H groups in total. The molecule has 2 rings (SSSR count). The monoisotopic (exact) mass is 337 g/mol. The number of nitrogens with zero attached hydrogens (tertiary/aromatic N) is 2. The smallest absolute Gasteiger partial charge is 0.226 e. The summed E-state index contributed by atoms with van der Waals surface area (Å²) in [7, 11) is 0. The van der Waals surface area contributed by atoms with Gasteiger partial charge in [-0.05, 0) is 56.5 Å². The maximum Gasteiger partial charge on any atom is 0.226 e. The second-order valence-electron chi connectivity index (χ2n) is 5.04. The van der Waals surface area contributed by atoms with Gasteiger partial charge >= 0.3 is 0 Å². The summed E-state index contributed by atoms with van der Waals surface area (Å²) in [5.74, 6) is 1.37. The van der Waals surface area contributed by atoms with Crippen molar-refractivity contribution in [3.05, 3.63) is 33.6 Å². The van der Waals surface area contributed by atoms with E-state index < -0.39 is 0 Å². The number of hydrogen-bond acceptors (Lipinski definition) is 4. The Hall–Kier alpha value is -1.20. The molecular weight excluding hydrogens is 318 g/mol. The van der Waals surface area contributed by atoms with Crippen molar-refractivity contribution in [1.82, 2.24) is 10.1 Å². The van der Waals surface area contributed by atoms with Gasteiger partial charge in [0.2, 0.25) is 11.7 Å². The van der Waals surface area contributed by atoms with E-state index in [-0.39, 0.29) is 0 Å². The highest BCUT2D eigenvalue weighted by Gasteiger charge is 2.11. The minimum absolute atomic E-state index is 0.664. The van der Waals surface area contributed by atoms with Gasteiger partial charge in [-0.1, -0.05) is 27.5 Å². The van der Waals surface area contributed by atoms with Gasteiger partial charge in [-0.15, -0.1) is 0 Å². The molecule has 1 aromatic heterocycles. The zero-order valence-electron chi connectivity index (χ0n) is 11.9. The van der Waals surface area contributed by atoms with Gasteiger partial charge in [-0.2, -0.15) is 4.98 Å². The lowest BCUT2D eigenvalue weighted by atomic mass is 10.1. The van der Waals surface area contributed by atoms with E-state index in [1.165, 1.54) is 11.1 Å². The van der Waals surface area contributed by atoms with Crippen LogP contribution in [0, 0.1) is 13.8 Å². The van der Waals surface area contributed by atoms with Gasteiger partial charge < -0.3 is 10.3 Å². The van der Waals surface area contributed by atoms with Crippen molar-refractivity contribution in [2.75, 3.05) is 6.54 Å². The van der Waals surface area contributed by atoms with Crippen LogP contribution in [0.25, 0.3) is 11.4 Å². The molecule has 4 nitrogen and oxygen atoms in total. The van der Waals surface area contributed by atoms with E-state index in [4.69, 9.17) is 10.3 Å². The zero-order chi connectivity index (χ0) is 14.5. The molecule has 0 saturated carbocycles. The number of hydrogen-bond donors (Lipinski definition) is 1. The largest absolute Gasteiger partial charge is 0.339 e. The Morgan fingerprint density at radius 1 is 1.15 bits per heavy atom. The first-order valence-electron chi connectivity index (χ1n) is 6.91. The van der Waals surface area contributed by atoms with Crippen molar-refractivity contribution < 1.29 is 4.52 Å². The van der Waals surface area contributed by atoms with Gasteiger partial charge in [0.05, 0.1) is 0 Å². The molecule has 108 valence electrons. The number of halogens is 1. The highest BCUT2D eigenvalue weighted by molar-refractivity contribution is 9.10. The molecule has 0 amide bonds. The fraction of sp³-hybridized carbons (Fsp3) is 0.467. The molecule has 0 fully saturated rings. The average Bonchev–Trinajstić information content (AvgIpc) is 2.89. The summed E-state index contributed by atoms with van der Waals surface area (Å²) in [4.78, 5) is 4.47. The Bertz CT molecular complexity index is 557. The SMILES string of the molecule is Cc1cc(-c2noc(CCCCCN)n2)cc(C)c1Br. The fourth-order valence-electron chi connectivity index (χ4n) is 2.15. The Kier molecular flexibility index (Phi) is 5.31. The molecule has 0 radical (unpaired) electrons. The molecule has 20 heavy (non-hydrogen) atoms. The fourth-order valence-corrected chi connectivity index (χ4v) is 2.37. The van der Waals surface area contributed by atoms with Gasteiger partial charge in [-0.25, -0.2) is 0 Å². The normalized spacial score (nSPS) is 11.0. The molecule has 0 saturated heterocycles. The van der Waals surface area contributed by atoms with Crippen LogP contribution in [0.15, 0.2) is 21.1 Å². The molecule has 0 unspecified atom stereocenters. The van der Waals surface area contributed by atoms with Crippen LogP contribution >= 0.6 is 15.9 Å². The summed E-state index contributed by atoms with van der Waals surface area (Å²) >= 11 is 3.57. The molecule has 0 aliphatic carbocycles. The predicted octanol–water partition coefficient (Wildman–Crippen LogP) is 3.79. The van der Waals surface area contributed by atoms with Crippen molar-refractivity contribution >= 4 is 15.9 Å². The van der Waals surface area contributed by atoms with Crippen LogP contribution in [-0.4, -0.2) is 16.7 Å². The molecule has 0 aliphatic rings. The lowest BCUT2D eigenvalue weighted by Crippen LogP contribution is -1.98. The molecule has 0 atom stereocenters. The second-order valence-corrected chi connectivity index (χ2v) is 5.83. The lowest BCUT2D eigenvalue weighted by molar-refractivity contribution is 0.374. The molecule has 0 bridgehead atoms. The average molecular weight is 338 g/mol. The van der Waals surface area contributed by atoms with Crippen molar-refractivity contribution in [1.29, 1.82) is 0 Å². The highest BCUT2D eigenvalue weighted by Crippen LogP contribution is 2.27. The van der Waals surface area contributed by atoms with Gasteiger partial charge in [0.15, 0.2) is 0 Å². The van der Waals surface area contributed by atoms with E-state index in [1.807, 2.05) is 0 Å². The van der Waals surface area contributed by atoms with Gasteiger partial charge in [0, 0.05) is 16.5 Å². The second kappa shape index (κ2) is 6.99. The third-order valence-corrected chi connectivity index (χ3v) is 4.51. The standard InChI is InChI=1S/C15H20BrN3O/c1-10-8-12(9-11(2)14(10)16)15-18-13(20-19-15)6-4-3-5-7-17/h8-9H,3-7,17H2,1-2H3. The molecule has 0 spiro atoms. The van der Waals surface area contributed by atoms with Crippen molar-refractivity contribution in [2.45, 2.75) is 39.5 Å². The first-order chi connectivity index (χ1) is 9.61. The van der Waals surface area contributed by atoms with E-state index in [1.54, 1.807) is 0 Å². The van der Waals surface area contributed by atoms with Crippen LogP contribution in [0.4, 0.5) is 0 Å². The minimum atomic E-state index is 0.664. The summed E-state index contributed by atoms with van der Waals surface area (Å²) in [5, 5.41) is 4.07. The van der Waals surface area contributed by atoms with Crippen LogP contribution in [0.5, 0.6) is 0 Å². The van der Waals surface area contributed by atoms with Crippen LogP contribution in [0.3, 0.4) is 0 Å². The third kappa shape index (κ3) is 3.67. The van der Waals surface area contributed by atoms with Gasteiger partial charge in [-0.3, -0.25) is 0 Å². The van der Waals surface area contributed by atoms with Crippen molar-refractivity contribution in [2.24, 2.45) is 5.73 Å². The van der Waals surface area contributed by atoms with Gasteiger partial charge in [0.25, 0.3) is 0 Å². The lowest BCUT2D eigenvalue weighted by Gasteiger charge is -2.04. The maximum atomic E-state index is 5.47. The number of rotatable bonds is 6. The molecule has 2 aromatic rings. The van der Waals surface area contributed by atoms with Crippen molar-refractivity contribution in [3.63, 3.8) is 0 Å². The Morgan fingerprint density at radius 3 is 2.50 bits per heavy atom. The third-order valence-electron chi connectivity index (χ3n) is 3.26. The molecule has 0 aliphatic heterocycles. The van der Waals surface area contributed by atoms with Crippen LogP contribution in [0.2, 0.25) is 0 Å². The Balaban J connectivity index is 2.08. The topological polar surface area (TPSA) is 64.9 Å². The van der Waals surface area contributed by atoms with Gasteiger partial charge in [0.1, 0.15) is 0 Å². The first kappa shape index (κ1) is 15.2. The van der Waals surface area contributed by atoms with Crippen molar-refractivity contribution in [3.8, 4) is 11.4 Å². The Morgan fingerprint density at radius 2 is 1.85 bits per heavy atom. The highest BCUT2D eigenvalue weighted by atomic mass is 79.9. The summed E-state index contributed by atoms with van der Waals surface area (Å²) in [6.07, 6.45) is 4.01. The van der Waals surface area contributed by atoms with E-state index in [9.17, 15) is 0 Å². The summed E-state index contributed by atoms with van der Waals surface area (Å²) < 4.78 is 6.44. The van der Waals surface area contributed by atoms with Crippen LogP contribution in [0.1, 0.15) is 36.3 Å². The Labute approximate surface area is 127 Å². The van der Waals surface area contributed by atoms with E-state index in [0.29, 0.717) is 11.7 Å². The zero-order valence-corrected chi connectivity index (χ0v) is 13.5. The summed E-state index contributed by atoms with van der Waals surface area (Å²) in [6, 6.07) is 4.14. The molecule has 1 aromatic carbocycles. The predicted molar refractivity (Wildman–Crippen MR) is 83.5 cm³/mol.